The Balaban J connectivity index is 1.55. The van der Waals surface area contributed by atoms with Crippen molar-refractivity contribution in [2.45, 2.75) is 52.7 Å². The maximum Gasteiger partial charge on any atom is 0.253 e. The van der Waals surface area contributed by atoms with E-state index in [0.29, 0.717) is 23.6 Å². The van der Waals surface area contributed by atoms with Crippen molar-refractivity contribution in [1.29, 1.82) is 0 Å². The zero-order chi connectivity index (χ0) is 25.9. The number of fused-ring (bicyclic) bond motifs is 1. The number of aromatic amines is 1. The lowest BCUT2D eigenvalue weighted by atomic mass is 9.90. The fraction of sp³-hybridized carbons (Fsp3) is 0.323. The molecule has 2 aliphatic rings. The number of aliphatic hydroxyl groups excluding tert-OH is 1. The van der Waals surface area contributed by atoms with Crippen molar-refractivity contribution in [3.8, 4) is 11.1 Å². The van der Waals surface area contributed by atoms with Gasteiger partial charge in [0.25, 0.3) is 11.5 Å². The number of amides is 1. The molecule has 6 nitrogen and oxygen atoms in total. The fourth-order valence-corrected chi connectivity index (χ4v) is 5.49. The van der Waals surface area contributed by atoms with Crippen molar-refractivity contribution in [1.82, 2.24) is 10.3 Å². The van der Waals surface area contributed by atoms with Gasteiger partial charge >= 0.3 is 0 Å². The third-order valence-corrected chi connectivity index (χ3v) is 7.56. The zero-order valence-corrected chi connectivity index (χ0v) is 21.4. The molecule has 5 rings (SSSR count). The maximum atomic E-state index is 13.6. The molecule has 1 amide bonds. The summed E-state index contributed by atoms with van der Waals surface area (Å²) in [6.07, 6.45) is 8.94. The Labute approximate surface area is 217 Å². The van der Waals surface area contributed by atoms with Crippen LogP contribution in [0.2, 0.25) is 0 Å². The van der Waals surface area contributed by atoms with Crippen molar-refractivity contribution in [3.63, 3.8) is 0 Å². The number of aliphatic imine (C=N–C) groups is 1. The molecule has 2 heterocycles. The number of pyridine rings is 1. The molecular weight excluding hydrogens is 462 g/mol. The highest BCUT2D eigenvalue weighted by Crippen LogP contribution is 2.35. The number of rotatable bonds is 6. The number of carbonyl (C=O) groups is 1. The first-order valence-corrected chi connectivity index (χ1v) is 13.0. The van der Waals surface area contributed by atoms with Crippen LogP contribution in [0.5, 0.6) is 0 Å². The van der Waals surface area contributed by atoms with Gasteiger partial charge in [-0.15, -0.1) is 0 Å². The van der Waals surface area contributed by atoms with Gasteiger partial charge in [-0.1, -0.05) is 43.2 Å². The van der Waals surface area contributed by atoms with Crippen LogP contribution in [0.1, 0.15) is 69.6 Å². The highest BCUT2D eigenvalue weighted by atomic mass is 16.3. The van der Waals surface area contributed by atoms with Crippen LogP contribution in [0.25, 0.3) is 17.2 Å². The van der Waals surface area contributed by atoms with Crippen molar-refractivity contribution >= 4 is 18.2 Å². The third kappa shape index (κ3) is 5.35. The molecular formula is C31H33N3O3. The van der Waals surface area contributed by atoms with Crippen LogP contribution in [0.4, 0.5) is 0 Å². The van der Waals surface area contributed by atoms with E-state index in [4.69, 9.17) is 4.99 Å². The quantitative estimate of drug-likeness (QED) is 0.445. The standard InChI is InChI=1S/C31H33N3O3/c1-19-11-20(2)34-31(37)28(19)17-33-30(36)27-14-24(23-9-7-21(18-35)8-10-23)12-25-13-26(15-32-16-29(25)27)22-5-3-4-6-22/h7-14,16,22,35H,3-6,15,17-18H2,1-2H3,(H,33,36)(H,34,37). The molecule has 1 aliphatic carbocycles. The molecule has 1 aliphatic heterocycles. The van der Waals surface area contributed by atoms with Crippen LogP contribution in [-0.4, -0.2) is 28.8 Å². The number of nitrogens with zero attached hydrogens (tertiary/aromatic N) is 1. The van der Waals surface area contributed by atoms with E-state index in [1.54, 1.807) is 0 Å². The van der Waals surface area contributed by atoms with Gasteiger partial charge in [0.15, 0.2) is 0 Å². The van der Waals surface area contributed by atoms with Crippen LogP contribution in [0.15, 0.2) is 57.8 Å². The summed E-state index contributed by atoms with van der Waals surface area (Å²) >= 11 is 0. The topological polar surface area (TPSA) is 94.5 Å². The number of hydrogen-bond acceptors (Lipinski definition) is 4. The SMILES string of the molecule is Cc1cc(C)c(CNC(=O)c2cc(-c3ccc(CO)cc3)cc3c2C=NCC(C2CCCC2)=C3)c(=O)[nH]1. The van der Waals surface area contributed by atoms with Crippen molar-refractivity contribution in [3.05, 3.63) is 97.5 Å². The molecule has 1 aromatic heterocycles. The van der Waals surface area contributed by atoms with Gasteiger partial charge in [0.2, 0.25) is 0 Å². The second-order valence-electron chi connectivity index (χ2n) is 10.2. The summed E-state index contributed by atoms with van der Waals surface area (Å²) in [4.78, 5) is 33.6. The summed E-state index contributed by atoms with van der Waals surface area (Å²) < 4.78 is 0. The van der Waals surface area contributed by atoms with Gasteiger partial charge in [0.1, 0.15) is 0 Å². The van der Waals surface area contributed by atoms with E-state index >= 15 is 0 Å². The minimum atomic E-state index is -0.242. The van der Waals surface area contributed by atoms with E-state index in [0.717, 1.165) is 39.1 Å². The number of H-pyrrole nitrogens is 1. The molecule has 0 spiro atoms. The van der Waals surface area contributed by atoms with Gasteiger partial charge in [0.05, 0.1) is 13.2 Å². The molecule has 0 atom stereocenters. The second kappa shape index (κ2) is 10.7. The molecule has 1 fully saturated rings. The summed E-state index contributed by atoms with van der Waals surface area (Å²) in [5.74, 6) is 0.303. The van der Waals surface area contributed by atoms with Crippen molar-refractivity contribution in [2.24, 2.45) is 10.9 Å². The molecule has 0 unspecified atom stereocenters. The number of aryl methyl sites for hydroxylation is 2. The van der Waals surface area contributed by atoms with Crippen LogP contribution < -0.4 is 10.9 Å². The number of aromatic nitrogens is 1. The Morgan fingerprint density at radius 2 is 1.84 bits per heavy atom. The normalized spacial score (nSPS) is 15.3. The fourth-order valence-electron chi connectivity index (χ4n) is 5.49. The summed E-state index contributed by atoms with van der Waals surface area (Å²) in [5.41, 5.74) is 8.40. The van der Waals surface area contributed by atoms with Gasteiger partial charge < -0.3 is 15.4 Å². The highest BCUT2D eigenvalue weighted by Gasteiger charge is 2.23. The lowest BCUT2D eigenvalue weighted by molar-refractivity contribution is 0.0950. The average Bonchev–Trinajstić information content (AvgIpc) is 3.34. The number of nitrogens with one attached hydrogen (secondary N) is 2. The molecule has 6 heteroatoms. The van der Waals surface area contributed by atoms with Crippen LogP contribution in [0, 0.1) is 19.8 Å². The molecule has 3 N–H and O–H groups in total. The first kappa shape index (κ1) is 24.9. The van der Waals surface area contributed by atoms with E-state index < -0.39 is 0 Å². The van der Waals surface area contributed by atoms with Crippen molar-refractivity contribution < 1.29 is 9.90 Å². The number of carbonyl (C=O) groups excluding carboxylic acids is 1. The molecule has 190 valence electrons. The Morgan fingerprint density at radius 3 is 2.54 bits per heavy atom. The summed E-state index contributed by atoms with van der Waals surface area (Å²) in [6, 6.07) is 13.7. The highest BCUT2D eigenvalue weighted by molar-refractivity contribution is 6.06. The molecule has 0 bridgehead atoms. The Hall–Kier alpha value is -3.77. The number of benzene rings is 2. The monoisotopic (exact) mass is 495 g/mol. The Morgan fingerprint density at radius 1 is 1.08 bits per heavy atom. The first-order valence-electron chi connectivity index (χ1n) is 13.0. The van der Waals surface area contributed by atoms with Gasteiger partial charge in [-0.3, -0.25) is 14.6 Å². The van der Waals surface area contributed by atoms with E-state index in [9.17, 15) is 14.7 Å². The van der Waals surface area contributed by atoms with Crippen molar-refractivity contribution in [2.75, 3.05) is 6.54 Å². The predicted octanol–water partition coefficient (Wildman–Crippen LogP) is 5.09. The third-order valence-electron chi connectivity index (χ3n) is 7.56. The molecule has 3 aromatic rings. The maximum absolute atomic E-state index is 13.6. The molecule has 37 heavy (non-hydrogen) atoms. The summed E-state index contributed by atoms with van der Waals surface area (Å²) in [6.45, 7) is 4.51. The van der Waals surface area contributed by atoms with Gasteiger partial charge in [-0.2, -0.15) is 0 Å². The Bertz CT molecular complexity index is 1440. The van der Waals surface area contributed by atoms with Crippen LogP contribution >= 0.6 is 0 Å². The zero-order valence-electron chi connectivity index (χ0n) is 21.4. The van der Waals surface area contributed by atoms with Gasteiger partial charge in [0, 0.05) is 35.1 Å². The number of aliphatic hydroxyl groups is 1. The smallest absolute Gasteiger partial charge is 0.253 e. The molecule has 1 saturated carbocycles. The predicted molar refractivity (Wildman–Crippen MR) is 148 cm³/mol. The van der Waals surface area contributed by atoms with E-state index in [1.807, 2.05) is 56.5 Å². The second-order valence-corrected chi connectivity index (χ2v) is 10.2. The molecule has 0 saturated heterocycles. The lowest BCUT2D eigenvalue weighted by Crippen LogP contribution is -2.28. The average molecular weight is 496 g/mol. The Kier molecular flexibility index (Phi) is 7.19. The van der Waals surface area contributed by atoms with E-state index in [-0.39, 0.29) is 24.6 Å². The summed E-state index contributed by atoms with van der Waals surface area (Å²) in [7, 11) is 0. The minimum absolute atomic E-state index is 0.0143. The largest absolute Gasteiger partial charge is 0.392 e. The van der Waals surface area contributed by atoms with Gasteiger partial charge in [-0.25, -0.2) is 0 Å². The lowest BCUT2D eigenvalue weighted by Gasteiger charge is -2.15. The molecule has 2 aromatic carbocycles. The van der Waals surface area contributed by atoms with E-state index in [2.05, 4.69) is 22.4 Å². The van der Waals surface area contributed by atoms with Crippen LogP contribution in [-0.2, 0) is 13.2 Å². The number of hydrogen-bond donors (Lipinski definition) is 3. The van der Waals surface area contributed by atoms with Gasteiger partial charge in [-0.05, 0) is 84.2 Å². The molecule has 0 radical (unpaired) electrons. The minimum Gasteiger partial charge on any atom is -0.392 e. The first-order chi connectivity index (χ1) is 17.9. The summed E-state index contributed by atoms with van der Waals surface area (Å²) in [5, 5.41) is 12.4. The van der Waals surface area contributed by atoms with E-state index in [1.165, 1.54) is 31.3 Å². The van der Waals surface area contributed by atoms with Crippen LogP contribution in [0.3, 0.4) is 0 Å².